The smallest absolute Gasteiger partial charge is 0.399 e. The molecule has 21 heavy (non-hydrogen) atoms. The summed E-state index contributed by atoms with van der Waals surface area (Å²) < 4.78 is 39.3. The van der Waals surface area contributed by atoms with Gasteiger partial charge in [-0.05, 0) is 42.3 Å². The van der Waals surface area contributed by atoms with Crippen molar-refractivity contribution in [1.82, 2.24) is 0 Å². The van der Waals surface area contributed by atoms with E-state index in [2.05, 4.69) is 21.2 Å². The van der Waals surface area contributed by atoms with Gasteiger partial charge in [0, 0.05) is 22.4 Å². The molecule has 0 aromatic heterocycles. The number of benzene rings is 2. The fraction of sp³-hybridized carbons (Fsp3) is 0.200. The molecule has 0 saturated heterocycles. The van der Waals surface area contributed by atoms with E-state index in [1.54, 1.807) is 12.1 Å². The molecule has 0 heterocycles. The van der Waals surface area contributed by atoms with Crippen molar-refractivity contribution >= 4 is 27.3 Å². The van der Waals surface area contributed by atoms with Crippen LogP contribution < -0.4 is 11.1 Å². The van der Waals surface area contributed by atoms with E-state index in [4.69, 9.17) is 5.73 Å². The number of rotatable bonds is 4. The number of hydrogen-bond acceptors (Lipinski definition) is 2. The Morgan fingerprint density at radius 1 is 1.05 bits per heavy atom. The van der Waals surface area contributed by atoms with E-state index in [1.807, 2.05) is 12.1 Å². The Balaban J connectivity index is 2.06. The van der Waals surface area contributed by atoms with Crippen LogP contribution >= 0.6 is 15.9 Å². The summed E-state index contributed by atoms with van der Waals surface area (Å²) in [5.74, 6) is 0. The van der Waals surface area contributed by atoms with Gasteiger partial charge in [0.1, 0.15) is 0 Å². The van der Waals surface area contributed by atoms with Crippen molar-refractivity contribution in [1.29, 1.82) is 0 Å². The Morgan fingerprint density at radius 3 is 2.33 bits per heavy atom. The summed E-state index contributed by atoms with van der Waals surface area (Å²) in [4.78, 5) is 0. The summed E-state index contributed by atoms with van der Waals surface area (Å²) >= 11 is 3.19. The number of anilines is 2. The minimum absolute atomic E-state index is 0.0762. The van der Waals surface area contributed by atoms with Crippen LogP contribution in [0.5, 0.6) is 0 Å². The molecule has 2 rings (SSSR count). The highest BCUT2D eigenvalue weighted by atomic mass is 79.9. The van der Waals surface area contributed by atoms with Crippen molar-refractivity contribution in [2.45, 2.75) is 12.6 Å². The molecule has 0 spiro atoms. The molecule has 0 fully saturated rings. The van der Waals surface area contributed by atoms with Gasteiger partial charge >= 0.3 is 6.18 Å². The Labute approximate surface area is 129 Å². The van der Waals surface area contributed by atoms with Gasteiger partial charge in [-0.15, -0.1) is 0 Å². The molecule has 0 radical (unpaired) electrons. The fourth-order valence-corrected chi connectivity index (χ4v) is 2.30. The third-order valence-electron chi connectivity index (χ3n) is 3.00. The highest BCUT2D eigenvalue weighted by molar-refractivity contribution is 9.10. The lowest BCUT2D eigenvalue weighted by Gasteiger charge is -2.15. The highest BCUT2D eigenvalue weighted by Gasteiger charge is 2.33. The fourth-order valence-electron chi connectivity index (χ4n) is 1.94. The maximum Gasteiger partial charge on any atom is 0.418 e. The molecule has 0 bridgehead atoms. The molecular formula is C15H14BrF3N2. The van der Waals surface area contributed by atoms with E-state index in [-0.39, 0.29) is 5.69 Å². The molecule has 0 aliphatic rings. The van der Waals surface area contributed by atoms with Crippen LogP contribution in [0.25, 0.3) is 0 Å². The summed E-state index contributed by atoms with van der Waals surface area (Å²) in [6.07, 6.45) is -3.76. The second kappa shape index (κ2) is 6.39. The Kier molecular flexibility index (Phi) is 4.77. The third-order valence-corrected chi connectivity index (χ3v) is 3.49. The van der Waals surface area contributed by atoms with Gasteiger partial charge in [-0.3, -0.25) is 0 Å². The van der Waals surface area contributed by atoms with Crippen molar-refractivity contribution in [2.24, 2.45) is 0 Å². The van der Waals surface area contributed by atoms with Gasteiger partial charge in [-0.2, -0.15) is 13.2 Å². The van der Waals surface area contributed by atoms with Crippen molar-refractivity contribution < 1.29 is 13.2 Å². The summed E-state index contributed by atoms with van der Waals surface area (Å²) in [5.41, 5.74) is 6.68. The van der Waals surface area contributed by atoms with Gasteiger partial charge in [-0.25, -0.2) is 0 Å². The van der Waals surface area contributed by atoms with Gasteiger partial charge in [0.25, 0.3) is 0 Å². The largest absolute Gasteiger partial charge is 0.418 e. The Bertz CT molecular complexity index is 609. The third kappa shape index (κ3) is 4.39. The van der Waals surface area contributed by atoms with E-state index < -0.39 is 11.7 Å². The van der Waals surface area contributed by atoms with E-state index >= 15 is 0 Å². The van der Waals surface area contributed by atoms with Crippen LogP contribution in [0.1, 0.15) is 11.1 Å². The molecule has 2 aromatic rings. The van der Waals surface area contributed by atoms with Crippen LogP contribution in [0.15, 0.2) is 46.9 Å². The lowest BCUT2D eigenvalue weighted by Crippen LogP contribution is -2.12. The predicted octanol–water partition coefficient (Wildman–Crippen LogP) is 4.70. The predicted molar refractivity (Wildman–Crippen MR) is 82.2 cm³/mol. The van der Waals surface area contributed by atoms with Gasteiger partial charge in [0.05, 0.1) is 5.56 Å². The van der Waals surface area contributed by atoms with Gasteiger partial charge in [-0.1, -0.05) is 28.1 Å². The van der Waals surface area contributed by atoms with Gasteiger partial charge in [0.2, 0.25) is 0 Å². The molecule has 3 N–H and O–H groups in total. The van der Waals surface area contributed by atoms with Crippen LogP contribution in [0.2, 0.25) is 0 Å². The minimum atomic E-state index is -4.37. The van der Waals surface area contributed by atoms with E-state index in [1.165, 1.54) is 12.1 Å². The Morgan fingerprint density at radius 2 is 1.71 bits per heavy atom. The van der Waals surface area contributed by atoms with Crippen LogP contribution in [-0.2, 0) is 12.6 Å². The van der Waals surface area contributed by atoms with Crippen LogP contribution in [0.3, 0.4) is 0 Å². The first-order chi connectivity index (χ1) is 9.86. The Hall–Kier alpha value is -1.69. The maximum absolute atomic E-state index is 12.9. The molecule has 2 aromatic carbocycles. The van der Waals surface area contributed by atoms with Crippen LogP contribution in [-0.4, -0.2) is 6.54 Å². The number of nitrogen functional groups attached to an aromatic ring is 1. The van der Waals surface area contributed by atoms with E-state index in [9.17, 15) is 13.2 Å². The zero-order valence-electron chi connectivity index (χ0n) is 11.0. The summed E-state index contributed by atoms with van der Waals surface area (Å²) in [7, 11) is 0. The number of alkyl halides is 3. The van der Waals surface area contributed by atoms with Gasteiger partial charge in [0.15, 0.2) is 0 Å². The molecule has 0 saturated carbocycles. The minimum Gasteiger partial charge on any atom is -0.399 e. The maximum atomic E-state index is 12.9. The summed E-state index contributed by atoms with van der Waals surface area (Å²) in [6, 6.07) is 11.2. The monoisotopic (exact) mass is 358 g/mol. The number of hydrogen-bond donors (Lipinski definition) is 2. The topological polar surface area (TPSA) is 38.0 Å². The average molecular weight is 359 g/mol. The van der Waals surface area contributed by atoms with Crippen LogP contribution in [0.4, 0.5) is 24.5 Å². The van der Waals surface area contributed by atoms with Crippen LogP contribution in [0, 0.1) is 0 Å². The van der Waals surface area contributed by atoms with E-state index in [0.29, 0.717) is 23.1 Å². The molecule has 0 aliphatic heterocycles. The number of nitrogens with two attached hydrogens (primary N) is 1. The molecule has 0 amide bonds. The first kappa shape index (κ1) is 15.7. The molecule has 0 aliphatic carbocycles. The summed E-state index contributed by atoms with van der Waals surface area (Å²) in [6.45, 7) is 0.406. The first-order valence-electron chi connectivity index (χ1n) is 6.31. The lowest BCUT2D eigenvalue weighted by molar-refractivity contribution is -0.136. The summed E-state index contributed by atoms with van der Waals surface area (Å²) in [5, 5.41) is 2.84. The zero-order chi connectivity index (χ0) is 15.5. The normalized spacial score (nSPS) is 11.4. The molecule has 2 nitrogen and oxygen atoms in total. The van der Waals surface area contributed by atoms with E-state index in [0.717, 1.165) is 11.6 Å². The lowest BCUT2D eigenvalue weighted by atomic mass is 10.1. The second-order valence-electron chi connectivity index (χ2n) is 4.61. The highest BCUT2D eigenvalue weighted by Crippen LogP contribution is 2.36. The SMILES string of the molecule is Nc1ccc(CCNc2cc(Br)ccc2C(F)(F)F)cc1. The quantitative estimate of drug-likeness (QED) is 0.777. The first-order valence-corrected chi connectivity index (χ1v) is 7.10. The van der Waals surface area contributed by atoms with Crippen molar-refractivity contribution in [3.05, 3.63) is 58.1 Å². The van der Waals surface area contributed by atoms with Crippen molar-refractivity contribution in [3.8, 4) is 0 Å². The van der Waals surface area contributed by atoms with Crippen molar-refractivity contribution in [2.75, 3.05) is 17.6 Å². The molecule has 0 atom stereocenters. The molecule has 6 heteroatoms. The number of nitrogens with one attached hydrogen (secondary N) is 1. The number of halogens is 4. The van der Waals surface area contributed by atoms with Crippen molar-refractivity contribution in [3.63, 3.8) is 0 Å². The average Bonchev–Trinajstić information content (AvgIpc) is 2.40. The molecule has 112 valence electrons. The standard InChI is InChI=1S/C15H14BrF3N2/c16-11-3-6-13(15(17,18)19)14(9-11)21-8-7-10-1-4-12(20)5-2-10/h1-6,9,21H,7-8,20H2. The molecular weight excluding hydrogens is 345 g/mol. The van der Waals surface area contributed by atoms with Gasteiger partial charge < -0.3 is 11.1 Å². The molecule has 0 unspecified atom stereocenters. The zero-order valence-corrected chi connectivity index (χ0v) is 12.6. The second-order valence-corrected chi connectivity index (χ2v) is 5.52.